The molecular weight excluding hydrogens is 186 g/mol. The molecule has 1 radical (unpaired) electrons. The van der Waals surface area contributed by atoms with Crippen molar-refractivity contribution in [1.29, 1.82) is 0 Å². The Bertz CT molecular complexity index is 274. The molecule has 13 heavy (non-hydrogen) atoms. The molecule has 0 aliphatic heterocycles. The molecule has 0 saturated carbocycles. The van der Waals surface area contributed by atoms with Gasteiger partial charge in [0, 0.05) is 0 Å². The predicted molar refractivity (Wildman–Crippen MR) is 53.0 cm³/mol. The van der Waals surface area contributed by atoms with Crippen LogP contribution in [0, 0.1) is 5.38 Å². The standard InChI is InChI=1S/C9H12NO2S/c1-9(2,3)12-8(11)10-7-4-5-13-6-7/h4-5H,1-3H3,(H,10,11). The number of nitrogens with one attached hydrogen (secondary N) is 1. The molecule has 1 heterocycles. The topological polar surface area (TPSA) is 38.3 Å². The number of carbonyl (C=O) groups is 1. The Morgan fingerprint density at radius 1 is 1.62 bits per heavy atom. The molecule has 71 valence electrons. The summed E-state index contributed by atoms with van der Waals surface area (Å²) in [5.41, 5.74) is 0.194. The minimum atomic E-state index is -0.458. The minimum absolute atomic E-state index is 0.442. The first-order chi connectivity index (χ1) is 5.97. The van der Waals surface area contributed by atoms with Crippen LogP contribution in [0.25, 0.3) is 0 Å². The van der Waals surface area contributed by atoms with Crippen LogP contribution in [0.4, 0.5) is 10.5 Å². The van der Waals surface area contributed by atoms with Crippen molar-refractivity contribution in [2.45, 2.75) is 26.4 Å². The molecule has 0 aromatic carbocycles. The third kappa shape index (κ3) is 3.94. The highest BCUT2D eigenvalue weighted by Crippen LogP contribution is 2.13. The van der Waals surface area contributed by atoms with Gasteiger partial charge in [0.2, 0.25) is 0 Å². The van der Waals surface area contributed by atoms with Crippen LogP contribution in [0.3, 0.4) is 0 Å². The number of ether oxygens (including phenoxy) is 1. The SMILES string of the molecule is CC(C)(C)OC(=O)Nc1[c]scc1. The van der Waals surface area contributed by atoms with Crippen molar-refractivity contribution in [3.05, 3.63) is 16.8 Å². The molecule has 0 fully saturated rings. The van der Waals surface area contributed by atoms with Crippen LogP contribution in [0.2, 0.25) is 0 Å². The summed E-state index contributed by atoms with van der Waals surface area (Å²) in [7, 11) is 0. The Morgan fingerprint density at radius 2 is 2.31 bits per heavy atom. The number of hydrogen-bond donors (Lipinski definition) is 1. The summed E-state index contributed by atoms with van der Waals surface area (Å²) in [4.78, 5) is 11.2. The van der Waals surface area contributed by atoms with Gasteiger partial charge in [-0.25, -0.2) is 4.79 Å². The fourth-order valence-corrected chi connectivity index (χ4v) is 1.23. The Kier molecular flexibility index (Phi) is 2.93. The van der Waals surface area contributed by atoms with Crippen LogP contribution in [0.15, 0.2) is 11.4 Å². The zero-order valence-corrected chi connectivity index (χ0v) is 8.70. The lowest BCUT2D eigenvalue weighted by Crippen LogP contribution is -2.27. The van der Waals surface area contributed by atoms with Crippen LogP contribution in [0.5, 0.6) is 0 Å². The van der Waals surface area contributed by atoms with E-state index >= 15 is 0 Å². The van der Waals surface area contributed by atoms with Gasteiger partial charge in [-0.15, -0.1) is 11.3 Å². The van der Waals surface area contributed by atoms with E-state index in [0.29, 0.717) is 5.69 Å². The summed E-state index contributed by atoms with van der Waals surface area (Å²) < 4.78 is 5.05. The molecule has 0 aliphatic rings. The first-order valence-electron chi connectivity index (χ1n) is 3.92. The molecule has 0 unspecified atom stereocenters. The van der Waals surface area contributed by atoms with Crippen molar-refractivity contribution in [3.8, 4) is 0 Å². The summed E-state index contributed by atoms with van der Waals surface area (Å²) in [5.74, 6) is 0. The van der Waals surface area contributed by atoms with Crippen molar-refractivity contribution < 1.29 is 9.53 Å². The highest BCUT2D eigenvalue weighted by atomic mass is 32.1. The quantitative estimate of drug-likeness (QED) is 0.753. The van der Waals surface area contributed by atoms with Crippen LogP contribution >= 0.6 is 11.3 Å². The Balaban J connectivity index is 2.43. The van der Waals surface area contributed by atoms with E-state index in [2.05, 4.69) is 10.7 Å². The smallest absolute Gasteiger partial charge is 0.412 e. The maximum Gasteiger partial charge on any atom is 0.412 e. The van der Waals surface area contributed by atoms with Gasteiger partial charge in [0.1, 0.15) is 5.60 Å². The second-order valence-corrected chi connectivity index (χ2v) is 4.28. The third-order valence-electron chi connectivity index (χ3n) is 1.11. The van der Waals surface area contributed by atoms with Crippen molar-refractivity contribution in [2.24, 2.45) is 0 Å². The van der Waals surface area contributed by atoms with Gasteiger partial charge in [-0.05, 0) is 32.2 Å². The number of hydrogen-bond acceptors (Lipinski definition) is 3. The van der Waals surface area contributed by atoms with E-state index in [4.69, 9.17) is 4.74 Å². The van der Waals surface area contributed by atoms with Gasteiger partial charge in [-0.3, -0.25) is 5.32 Å². The van der Waals surface area contributed by atoms with Gasteiger partial charge in [0.15, 0.2) is 0 Å². The molecule has 0 atom stereocenters. The van der Waals surface area contributed by atoms with Gasteiger partial charge in [0.05, 0.1) is 11.1 Å². The van der Waals surface area contributed by atoms with Crippen molar-refractivity contribution in [1.82, 2.24) is 0 Å². The van der Waals surface area contributed by atoms with E-state index in [1.807, 2.05) is 26.2 Å². The largest absolute Gasteiger partial charge is 0.444 e. The molecule has 0 saturated heterocycles. The molecule has 3 nitrogen and oxygen atoms in total. The normalized spacial score (nSPS) is 11.0. The van der Waals surface area contributed by atoms with E-state index in [1.54, 1.807) is 6.07 Å². The Hall–Kier alpha value is -1.03. The van der Waals surface area contributed by atoms with Crippen molar-refractivity contribution in [2.75, 3.05) is 5.32 Å². The van der Waals surface area contributed by atoms with E-state index in [-0.39, 0.29) is 0 Å². The van der Waals surface area contributed by atoms with E-state index in [0.717, 1.165) is 0 Å². The summed E-state index contributed by atoms with van der Waals surface area (Å²) in [6.07, 6.45) is -0.442. The van der Waals surface area contributed by atoms with Crippen molar-refractivity contribution >= 4 is 23.1 Å². The lowest BCUT2D eigenvalue weighted by molar-refractivity contribution is 0.0636. The van der Waals surface area contributed by atoms with Gasteiger partial charge >= 0.3 is 6.09 Å². The van der Waals surface area contributed by atoms with Crippen molar-refractivity contribution in [3.63, 3.8) is 0 Å². The minimum Gasteiger partial charge on any atom is -0.444 e. The molecule has 0 aliphatic carbocycles. The molecule has 1 N–H and O–H groups in total. The Labute approximate surface area is 81.7 Å². The van der Waals surface area contributed by atoms with Crippen LogP contribution in [0.1, 0.15) is 20.8 Å². The number of thiophene rings is 1. The number of amides is 1. The predicted octanol–water partition coefficient (Wildman–Crippen LogP) is 2.90. The zero-order valence-electron chi connectivity index (χ0n) is 7.88. The molecular formula is C9H12NO2S. The monoisotopic (exact) mass is 198 g/mol. The maximum absolute atomic E-state index is 11.2. The van der Waals surface area contributed by atoms with Crippen LogP contribution < -0.4 is 5.32 Å². The highest BCUT2D eigenvalue weighted by Gasteiger charge is 2.15. The maximum atomic E-state index is 11.2. The zero-order chi connectivity index (χ0) is 9.90. The Morgan fingerprint density at radius 3 is 2.77 bits per heavy atom. The average molecular weight is 198 g/mol. The highest BCUT2D eigenvalue weighted by molar-refractivity contribution is 7.07. The molecule has 1 aromatic rings. The van der Waals surface area contributed by atoms with Crippen LogP contribution in [-0.4, -0.2) is 11.7 Å². The second kappa shape index (κ2) is 3.79. The summed E-state index contributed by atoms with van der Waals surface area (Å²) in [5, 5.41) is 7.30. The first kappa shape index (κ1) is 10.1. The molecule has 4 heteroatoms. The summed E-state index contributed by atoms with van der Waals surface area (Å²) in [6.45, 7) is 5.47. The third-order valence-corrected chi connectivity index (χ3v) is 1.72. The summed E-state index contributed by atoms with van der Waals surface area (Å²) in [6, 6.07) is 1.77. The van der Waals surface area contributed by atoms with E-state index in [1.165, 1.54) is 11.3 Å². The number of carbonyl (C=O) groups excluding carboxylic acids is 1. The second-order valence-electron chi connectivity index (χ2n) is 3.56. The fraction of sp³-hybridized carbons (Fsp3) is 0.444. The fourth-order valence-electron chi connectivity index (χ4n) is 0.714. The van der Waals surface area contributed by atoms with Crippen LogP contribution in [-0.2, 0) is 4.74 Å². The van der Waals surface area contributed by atoms with Gasteiger partial charge in [-0.1, -0.05) is 0 Å². The molecule has 1 aromatic heterocycles. The van der Waals surface area contributed by atoms with E-state index < -0.39 is 11.7 Å². The van der Waals surface area contributed by atoms with E-state index in [9.17, 15) is 4.79 Å². The number of rotatable bonds is 1. The van der Waals surface area contributed by atoms with Gasteiger partial charge < -0.3 is 4.74 Å². The lowest BCUT2D eigenvalue weighted by atomic mass is 10.2. The van der Waals surface area contributed by atoms with Gasteiger partial charge in [-0.2, -0.15) is 0 Å². The molecule has 0 bridgehead atoms. The molecule has 0 spiro atoms. The molecule has 1 amide bonds. The first-order valence-corrected chi connectivity index (χ1v) is 4.80. The summed E-state index contributed by atoms with van der Waals surface area (Å²) >= 11 is 1.40. The molecule has 1 rings (SSSR count). The van der Waals surface area contributed by atoms with Gasteiger partial charge in [0.25, 0.3) is 0 Å². The number of anilines is 1. The average Bonchev–Trinajstić information content (AvgIpc) is 2.34. The lowest BCUT2D eigenvalue weighted by Gasteiger charge is -2.19.